The van der Waals surface area contributed by atoms with Crippen molar-refractivity contribution >= 4 is 11.9 Å². The number of amides is 3. The third-order valence-electron chi connectivity index (χ3n) is 2.69. The van der Waals surface area contributed by atoms with Crippen LogP contribution in [0.15, 0.2) is 0 Å². The van der Waals surface area contributed by atoms with E-state index in [1.54, 1.807) is 4.90 Å². The molecule has 0 unspecified atom stereocenters. The monoisotopic (exact) mass is 242 g/mol. The number of rotatable bonds is 5. The lowest BCUT2D eigenvalue weighted by molar-refractivity contribution is -0.130. The summed E-state index contributed by atoms with van der Waals surface area (Å²) < 4.78 is 0. The van der Waals surface area contributed by atoms with Crippen molar-refractivity contribution in [3.05, 3.63) is 0 Å². The molecule has 1 heterocycles. The summed E-state index contributed by atoms with van der Waals surface area (Å²) in [6, 6.07) is -0.262. The molecule has 0 aromatic heterocycles. The van der Waals surface area contributed by atoms with Gasteiger partial charge < -0.3 is 20.9 Å². The van der Waals surface area contributed by atoms with Gasteiger partial charge in [-0.25, -0.2) is 4.79 Å². The van der Waals surface area contributed by atoms with E-state index >= 15 is 0 Å². The Bertz CT molecular complexity index is 252. The predicted molar refractivity (Wildman–Crippen MR) is 65.8 cm³/mol. The quantitative estimate of drug-likeness (QED) is 0.570. The number of hydrogen-bond donors (Lipinski definition) is 3. The molecule has 0 bridgehead atoms. The van der Waals surface area contributed by atoms with Gasteiger partial charge in [-0.3, -0.25) is 4.79 Å². The molecule has 0 saturated carbocycles. The maximum absolute atomic E-state index is 11.7. The zero-order valence-corrected chi connectivity index (χ0v) is 10.4. The zero-order valence-electron chi connectivity index (χ0n) is 10.4. The molecule has 17 heavy (non-hydrogen) atoms. The number of carbonyl (C=O) groups is 2. The summed E-state index contributed by atoms with van der Waals surface area (Å²) in [5, 5.41) is 8.46. The fraction of sp³-hybridized carbons (Fsp3) is 0.818. The second-order valence-electron chi connectivity index (χ2n) is 4.09. The van der Waals surface area contributed by atoms with Crippen LogP contribution in [-0.2, 0) is 4.79 Å². The number of hydrogen-bond acceptors (Lipinski definition) is 3. The van der Waals surface area contributed by atoms with Gasteiger partial charge in [0.2, 0.25) is 5.91 Å². The molecule has 1 rings (SSSR count). The van der Waals surface area contributed by atoms with Gasteiger partial charge in [0.05, 0.1) is 6.54 Å². The number of urea groups is 1. The summed E-state index contributed by atoms with van der Waals surface area (Å²) in [6.07, 6.45) is 2.00. The maximum atomic E-state index is 11.7. The van der Waals surface area contributed by atoms with Crippen molar-refractivity contribution in [2.45, 2.75) is 19.8 Å². The van der Waals surface area contributed by atoms with Crippen LogP contribution in [0.1, 0.15) is 19.8 Å². The summed E-state index contributed by atoms with van der Waals surface area (Å²) in [6.45, 7) is 5.90. The molecule has 98 valence electrons. The first kappa shape index (κ1) is 13.8. The normalized spacial score (nSPS) is 15.5. The van der Waals surface area contributed by atoms with Crippen molar-refractivity contribution in [2.24, 2.45) is 0 Å². The van der Waals surface area contributed by atoms with Crippen LogP contribution in [0.3, 0.4) is 0 Å². The molecule has 1 fully saturated rings. The number of unbranched alkanes of at least 4 members (excludes halogenated alkanes) is 1. The smallest absolute Gasteiger partial charge is 0.315 e. The van der Waals surface area contributed by atoms with Gasteiger partial charge in [-0.1, -0.05) is 13.3 Å². The van der Waals surface area contributed by atoms with E-state index in [1.807, 2.05) is 0 Å². The third-order valence-corrected chi connectivity index (χ3v) is 2.69. The van der Waals surface area contributed by atoms with E-state index in [0.717, 1.165) is 39.0 Å². The van der Waals surface area contributed by atoms with Crippen LogP contribution in [0.4, 0.5) is 4.79 Å². The van der Waals surface area contributed by atoms with Crippen LogP contribution in [0.25, 0.3) is 0 Å². The molecule has 6 heteroatoms. The van der Waals surface area contributed by atoms with Gasteiger partial charge >= 0.3 is 6.03 Å². The van der Waals surface area contributed by atoms with E-state index in [9.17, 15) is 9.59 Å². The van der Waals surface area contributed by atoms with E-state index in [4.69, 9.17) is 0 Å². The van der Waals surface area contributed by atoms with Crippen molar-refractivity contribution in [1.82, 2.24) is 20.9 Å². The van der Waals surface area contributed by atoms with Gasteiger partial charge in [0.15, 0.2) is 0 Å². The fourth-order valence-corrected chi connectivity index (χ4v) is 1.62. The van der Waals surface area contributed by atoms with Gasteiger partial charge in [-0.05, 0) is 6.42 Å². The average Bonchev–Trinajstić information content (AvgIpc) is 2.37. The first-order valence-corrected chi connectivity index (χ1v) is 6.24. The molecule has 0 atom stereocenters. The highest BCUT2D eigenvalue weighted by Gasteiger charge is 2.16. The standard InChI is InChI=1S/C11H22N4O2/c1-2-3-4-13-11(17)14-9-10(16)15-7-5-12-6-8-15/h12H,2-9H2,1H3,(H2,13,14,17). The van der Waals surface area contributed by atoms with E-state index in [0.29, 0.717) is 6.54 Å². The Kier molecular flexibility index (Phi) is 6.39. The first-order chi connectivity index (χ1) is 8.24. The van der Waals surface area contributed by atoms with Crippen molar-refractivity contribution in [3.8, 4) is 0 Å². The van der Waals surface area contributed by atoms with Gasteiger partial charge in [0.25, 0.3) is 0 Å². The van der Waals surface area contributed by atoms with Gasteiger partial charge in [0.1, 0.15) is 0 Å². The van der Waals surface area contributed by atoms with E-state index in [-0.39, 0.29) is 18.5 Å². The molecule has 0 aliphatic carbocycles. The molecule has 1 saturated heterocycles. The van der Waals surface area contributed by atoms with Crippen LogP contribution < -0.4 is 16.0 Å². The van der Waals surface area contributed by atoms with Crippen molar-refractivity contribution in [3.63, 3.8) is 0 Å². The molecule has 0 radical (unpaired) electrons. The second kappa shape index (κ2) is 7.89. The summed E-state index contributed by atoms with van der Waals surface area (Å²) in [5.41, 5.74) is 0. The number of piperazine rings is 1. The maximum Gasteiger partial charge on any atom is 0.315 e. The summed E-state index contributed by atoms with van der Waals surface area (Å²) >= 11 is 0. The largest absolute Gasteiger partial charge is 0.339 e. The lowest BCUT2D eigenvalue weighted by Crippen LogP contribution is -2.50. The molecule has 6 nitrogen and oxygen atoms in total. The Balaban J connectivity index is 2.11. The minimum Gasteiger partial charge on any atom is -0.339 e. The van der Waals surface area contributed by atoms with Crippen LogP contribution >= 0.6 is 0 Å². The van der Waals surface area contributed by atoms with Crippen LogP contribution in [0.5, 0.6) is 0 Å². The van der Waals surface area contributed by atoms with Crippen LogP contribution in [-0.4, -0.2) is 56.1 Å². The van der Waals surface area contributed by atoms with E-state index < -0.39 is 0 Å². The Morgan fingerprint density at radius 3 is 2.59 bits per heavy atom. The van der Waals surface area contributed by atoms with Crippen molar-refractivity contribution in [2.75, 3.05) is 39.3 Å². The number of nitrogens with one attached hydrogen (secondary N) is 3. The minimum atomic E-state index is -0.262. The molecule has 3 amide bonds. The van der Waals surface area contributed by atoms with Gasteiger partial charge in [0, 0.05) is 32.7 Å². The highest BCUT2D eigenvalue weighted by molar-refractivity contribution is 5.84. The Morgan fingerprint density at radius 1 is 1.24 bits per heavy atom. The van der Waals surface area contributed by atoms with Crippen molar-refractivity contribution < 1.29 is 9.59 Å². The molecule has 0 aromatic carbocycles. The molecule has 3 N–H and O–H groups in total. The zero-order chi connectivity index (χ0) is 12.5. The highest BCUT2D eigenvalue weighted by atomic mass is 16.2. The third kappa shape index (κ3) is 5.53. The first-order valence-electron chi connectivity index (χ1n) is 6.24. The summed E-state index contributed by atoms with van der Waals surface area (Å²) in [4.78, 5) is 24.8. The summed E-state index contributed by atoms with van der Waals surface area (Å²) in [5.74, 6) is -0.0165. The molecule has 1 aliphatic heterocycles. The summed E-state index contributed by atoms with van der Waals surface area (Å²) in [7, 11) is 0. The number of carbonyl (C=O) groups excluding carboxylic acids is 2. The van der Waals surface area contributed by atoms with Crippen LogP contribution in [0.2, 0.25) is 0 Å². The number of nitrogens with zero attached hydrogens (tertiary/aromatic N) is 1. The molecule has 0 aromatic rings. The lowest BCUT2D eigenvalue weighted by atomic mass is 10.3. The highest BCUT2D eigenvalue weighted by Crippen LogP contribution is 1.92. The average molecular weight is 242 g/mol. The van der Waals surface area contributed by atoms with E-state index in [2.05, 4.69) is 22.9 Å². The molecular weight excluding hydrogens is 220 g/mol. The Labute approximate surface area is 102 Å². The van der Waals surface area contributed by atoms with Crippen molar-refractivity contribution in [1.29, 1.82) is 0 Å². The second-order valence-corrected chi connectivity index (χ2v) is 4.09. The Hall–Kier alpha value is -1.30. The van der Waals surface area contributed by atoms with Gasteiger partial charge in [-0.2, -0.15) is 0 Å². The Morgan fingerprint density at radius 2 is 1.94 bits per heavy atom. The molecular formula is C11H22N4O2. The molecule has 1 aliphatic rings. The lowest BCUT2D eigenvalue weighted by Gasteiger charge is -2.27. The van der Waals surface area contributed by atoms with Gasteiger partial charge in [-0.15, -0.1) is 0 Å². The SMILES string of the molecule is CCCCNC(=O)NCC(=O)N1CCNCC1. The van der Waals surface area contributed by atoms with Crippen LogP contribution in [0, 0.1) is 0 Å². The molecule has 0 spiro atoms. The fourth-order valence-electron chi connectivity index (χ4n) is 1.62. The topological polar surface area (TPSA) is 73.5 Å². The van der Waals surface area contributed by atoms with E-state index in [1.165, 1.54) is 0 Å². The predicted octanol–water partition coefficient (Wildman–Crippen LogP) is -0.482. The minimum absolute atomic E-state index is 0.0165.